The lowest BCUT2D eigenvalue weighted by Crippen LogP contribution is -2.46. The van der Waals surface area contributed by atoms with E-state index in [1.165, 1.54) is 0 Å². The Morgan fingerprint density at radius 1 is 1.17 bits per heavy atom. The summed E-state index contributed by atoms with van der Waals surface area (Å²) in [5, 5.41) is 4.19. The highest BCUT2D eigenvalue weighted by atomic mass is 16.5. The number of pyridine rings is 1. The molecule has 0 unspecified atom stereocenters. The fraction of sp³-hybridized carbons (Fsp3) is 0.348. The summed E-state index contributed by atoms with van der Waals surface area (Å²) in [6.07, 6.45) is 7.09. The van der Waals surface area contributed by atoms with Crippen molar-refractivity contribution in [2.24, 2.45) is 0 Å². The van der Waals surface area contributed by atoms with Gasteiger partial charge in [-0.2, -0.15) is 5.10 Å². The van der Waals surface area contributed by atoms with Gasteiger partial charge in [0.2, 0.25) is 0 Å². The Labute approximate surface area is 176 Å². The van der Waals surface area contributed by atoms with Crippen molar-refractivity contribution >= 4 is 5.91 Å². The van der Waals surface area contributed by atoms with Crippen LogP contribution in [0, 0.1) is 0 Å². The van der Waals surface area contributed by atoms with Crippen molar-refractivity contribution in [3.63, 3.8) is 0 Å². The first-order valence-electron chi connectivity index (χ1n) is 10.2. The van der Waals surface area contributed by atoms with Crippen LogP contribution in [-0.2, 0) is 6.54 Å². The number of rotatable bonds is 6. The molecule has 1 aromatic carbocycles. The van der Waals surface area contributed by atoms with Gasteiger partial charge in [-0.3, -0.25) is 4.79 Å². The molecule has 4 rings (SSSR count). The molecule has 0 aliphatic carbocycles. The van der Waals surface area contributed by atoms with Crippen LogP contribution in [0.25, 0.3) is 5.82 Å². The van der Waals surface area contributed by atoms with Crippen LogP contribution >= 0.6 is 0 Å². The first-order chi connectivity index (χ1) is 14.7. The molecule has 1 fully saturated rings. The molecule has 1 aliphatic heterocycles. The number of carbonyl (C=O) groups excluding carboxylic acids is 1. The predicted molar refractivity (Wildman–Crippen MR) is 115 cm³/mol. The topological polar surface area (TPSA) is 63.5 Å². The zero-order chi connectivity index (χ0) is 20.9. The van der Waals surface area contributed by atoms with Crippen LogP contribution in [0.3, 0.4) is 0 Å². The van der Waals surface area contributed by atoms with Crippen LogP contribution in [0.15, 0.2) is 61.1 Å². The molecule has 0 radical (unpaired) electrons. The number of nitrogens with zero attached hydrogens (tertiary/aromatic N) is 5. The number of para-hydroxylation sites is 1. The van der Waals surface area contributed by atoms with Gasteiger partial charge in [-0.1, -0.05) is 18.2 Å². The van der Waals surface area contributed by atoms with Gasteiger partial charge in [0, 0.05) is 36.7 Å². The van der Waals surface area contributed by atoms with Crippen molar-refractivity contribution in [2.45, 2.75) is 25.4 Å². The Morgan fingerprint density at radius 2 is 1.97 bits per heavy atom. The van der Waals surface area contributed by atoms with Crippen molar-refractivity contribution in [3.05, 3.63) is 72.2 Å². The average Bonchev–Trinajstić information content (AvgIpc) is 3.33. The molecule has 1 amide bonds. The van der Waals surface area contributed by atoms with E-state index in [0.29, 0.717) is 17.9 Å². The molecule has 7 nitrogen and oxygen atoms in total. The van der Waals surface area contributed by atoms with Crippen LogP contribution < -0.4 is 4.74 Å². The molecule has 7 heteroatoms. The number of hydrogen-bond acceptors (Lipinski definition) is 5. The standard InChI is InChI=1S/C23H27N5O2/c1-26-14-10-20(11-15-26)27(17-19-6-3-4-7-21(19)30-2)23(29)18-8-9-22(24-16-18)28-13-5-12-25-28/h3-9,12-13,16,20H,10-11,14-15,17H2,1-2H3. The fourth-order valence-electron chi connectivity index (χ4n) is 3.91. The number of carbonyl (C=O) groups is 1. The highest BCUT2D eigenvalue weighted by molar-refractivity contribution is 5.94. The maximum Gasteiger partial charge on any atom is 0.255 e. The third-order valence-electron chi connectivity index (χ3n) is 5.66. The largest absolute Gasteiger partial charge is 0.496 e. The zero-order valence-electron chi connectivity index (χ0n) is 17.4. The maximum atomic E-state index is 13.5. The van der Waals surface area contributed by atoms with Crippen molar-refractivity contribution < 1.29 is 9.53 Å². The van der Waals surface area contributed by atoms with Crippen LogP contribution in [0.2, 0.25) is 0 Å². The van der Waals surface area contributed by atoms with Gasteiger partial charge in [0.15, 0.2) is 5.82 Å². The normalized spacial score (nSPS) is 15.1. The van der Waals surface area contributed by atoms with E-state index >= 15 is 0 Å². The second-order valence-corrected chi connectivity index (χ2v) is 7.64. The van der Waals surface area contributed by atoms with E-state index < -0.39 is 0 Å². The van der Waals surface area contributed by atoms with Crippen molar-refractivity contribution in [2.75, 3.05) is 27.2 Å². The number of benzene rings is 1. The minimum absolute atomic E-state index is 0.00465. The summed E-state index contributed by atoms with van der Waals surface area (Å²) in [7, 11) is 3.79. The van der Waals surface area contributed by atoms with E-state index in [0.717, 1.165) is 37.2 Å². The number of methoxy groups -OCH3 is 1. The molecule has 0 atom stereocenters. The molecule has 1 saturated heterocycles. The quantitative estimate of drug-likeness (QED) is 0.631. The molecule has 0 N–H and O–H groups in total. The van der Waals surface area contributed by atoms with Gasteiger partial charge in [0.1, 0.15) is 5.75 Å². The summed E-state index contributed by atoms with van der Waals surface area (Å²) in [6, 6.07) is 13.6. The van der Waals surface area contributed by atoms with E-state index in [1.54, 1.807) is 24.2 Å². The molecular formula is C23H27N5O2. The lowest BCUT2D eigenvalue weighted by atomic mass is 10.0. The molecular weight excluding hydrogens is 378 g/mol. The number of likely N-dealkylation sites (tertiary alicyclic amines) is 1. The molecule has 30 heavy (non-hydrogen) atoms. The SMILES string of the molecule is COc1ccccc1CN(C(=O)c1ccc(-n2cccn2)nc1)C1CCN(C)CC1. The van der Waals surface area contributed by atoms with Gasteiger partial charge in [0.05, 0.1) is 12.7 Å². The molecule has 0 bridgehead atoms. The fourth-order valence-corrected chi connectivity index (χ4v) is 3.91. The van der Waals surface area contributed by atoms with Gasteiger partial charge in [0.25, 0.3) is 5.91 Å². The molecule has 1 aliphatic rings. The summed E-state index contributed by atoms with van der Waals surface area (Å²) in [5.41, 5.74) is 1.59. The van der Waals surface area contributed by atoms with E-state index in [9.17, 15) is 4.79 Å². The third-order valence-corrected chi connectivity index (χ3v) is 5.66. The monoisotopic (exact) mass is 405 g/mol. The number of piperidine rings is 1. The van der Waals surface area contributed by atoms with E-state index in [4.69, 9.17) is 4.74 Å². The first-order valence-corrected chi connectivity index (χ1v) is 10.2. The molecule has 156 valence electrons. The molecule has 0 saturated carbocycles. The van der Waals surface area contributed by atoms with Gasteiger partial charge in [-0.05, 0) is 57.2 Å². The number of ether oxygens (including phenoxy) is 1. The number of hydrogen-bond donors (Lipinski definition) is 0. The van der Waals surface area contributed by atoms with Crippen molar-refractivity contribution in [1.82, 2.24) is 24.6 Å². The highest BCUT2D eigenvalue weighted by Gasteiger charge is 2.28. The van der Waals surface area contributed by atoms with Crippen molar-refractivity contribution in [3.8, 4) is 11.6 Å². The number of aromatic nitrogens is 3. The van der Waals surface area contributed by atoms with Gasteiger partial charge < -0.3 is 14.5 Å². The van der Waals surface area contributed by atoms with Gasteiger partial charge >= 0.3 is 0 Å². The summed E-state index contributed by atoms with van der Waals surface area (Å²) in [6.45, 7) is 2.48. The molecule has 0 spiro atoms. The Morgan fingerprint density at radius 3 is 2.63 bits per heavy atom. The summed E-state index contributed by atoms with van der Waals surface area (Å²) < 4.78 is 7.20. The number of amides is 1. The van der Waals surface area contributed by atoms with Crippen LogP contribution in [0.5, 0.6) is 5.75 Å². The minimum Gasteiger partial charge on any atom is -0.496 e. The zero-order valence-corrected chi connectivity index (χ0v) is 17.4. The van der Waals surface area contributed by atoms with E-state index in [2.05, 4.69) is 22.0 Å². The maximum absolute atomic E-state index is 13.5. The summed E-state index contributed by atoms with van der Waals surface area (Å²) in [4.78, 5) is 22.3. The van der Waals surface area contributed by atoms with Crippen molar-refractivity contribution in [1.29, 1.82) is 0 Å². The van der Waals surface area contributed by atoms with Crippen LogP contribution in [-0.4, -0.2) is 63.8 Å². The van der Waals surface area contributed by atoms with Crippen LogP contribution in [0.4, 0.5) is 0 Å². The Bertz CT molecular complexity index is 964. The Hall–Kier alpha value is -3.19. The summed E-state index contributed by atoms with van der Waals surface area (Å²) in [5.74, 6) is 1.48. The Balaban J connectivity index is 1.60. The predicted octanol–water partition coefficient (Wildman–Crippen LogP) is 3.01. The smallest absolute Gasteiger partial charge is 0.255 e. The lowest BCUT2D eigenvalue weighted by molar-refractivity contribution is 0.0567. The van der Waals surface area contributed by atoms with Crippen LogP contribution in [0.1, 0.15) is 28.8 Å². The highest BCUT2D eigenvalue weighted by Crippen LogP contribution is 2.25. The third kappa shape index (κ3) is 4.36. The lowest BCUT2D eigenvalue weighted by Gasteiger charge is -2.37. The van der Waals surface area contributed by atoms with E-state index in [-0.39, 0.29) is 11.9 Å². The minimum atomic E-state index is -0.00465. The summed E-state index contributed by atoms with van der Waals surface area (Å²) >= 11 is 0. The second-order valence-electron chi connectivity index (χ2n) is 7.64. The average molecular weight is 406 g/mol. The Kier molecular flexibility index (Phi) is 6.09. The molecule has 3 aromatic rings. The van der Waals surface area contributed by atoms with E-state index in [1.807, 2.05) is 53.6 Å². The molecule has 2 aromatic heterocycles. The first kappa shape index (κ1) is 20.1. The van der Waals surface area contributed by atoms with Gasteiger partial charge in [-0.25, -0.2) is 9.67 Å². The second kappa shape index (κ2) is 9.09. The molecule has 3 heterocycles. The van der Waals surface area contributed by atoms with Gasteiger partial charge in [-0.15, -0.1) is 0 Å².